The molecule has 0 aliphatic heterocycles. The van der Waals surface area contributed by atoms with Crippen LogP contribution in [0, 0.1) is 0 Å². The molecule has 4 nitrogen and oxygen atoms in total. The summed E-state index contributed by atoms with van der Waals surface area (Å²) in [4.78, 5) is 4.20. The lowest BCUT2D eigenvalue weighted by atomic mass is 10.2. The van der Waals surface area contributed by atoms with Crippen LogP contribution in [0.5, 0.6) is 0 Å². The van der Waals surface area contributed by atoms with E-state index >= 15 is 0 Å². The molecular formula is C10H18N4S. The van der Waals surface area contributed by atoms with E-state index in [4.69, 9.17) is 0 Å². The number of rotatable bonds is 4. The highest BCUT2D eigenvalue weighted by Crippen LogP contribution is 2.28. The number of hydrogen-bond acceptors (Lipinski definition) is 4. The van der Waals surface area contributed by atoms with Gasteiger partial charge in [-0.15, -0.1) is 0 Å². The maximum atomic E-state index is 4.20. The molecule has 1 aromatic heterocycles. The van der Waals surface area contributed by atoms with Crippen LogP contribution in [0.15, 0.2) is 6.33 Å². The van der Waals surface area contributed by atoms with E-state index in [0.29, 0.717) is 6.04 Å². The van der Waals surface area contributed by atoms with Crippen LogP contribution in [0.2, 0.25) is 0 Å². The molecule has 1 aliphatic rings. The summed E-state index contributed by atoms with van der Waals surface area (Å²) >= 11 is 1.99. The predicted octanol–water partition coefficient (Wildman–Crippen LogP) is 1.19. The molecule has 0 spiro atoms. The van der Waals surface area contributed by atoms with Gasteiger partial charge in [0.25, 0.3) is 0 Å². The van der Waals surface area contributed by atoms with Gasteiger partial charge in [0.05, 0.1) is 6.54 Å². The van der Waals surface area contributed by atoms with Crippen LogP contribution in [0.3, 0.4) is 0 Å². The van der Waals surface area contributed by atoms with Crippen LogP contribution in [0.4, 0.5) is 0 Å². The standard InChI is InChI=1S/C10H18N4S/c1-14-10(12-7-13-14)6-11-8-3-4-9(5-8)15-2/h7-9,11H,3-6H2,1-2H3. The molecule has 1 heterocycles. The number of aryl methyl sites for hydroxylation is 1. The number of nitrogens with zero attached hydrogens (tertiary/aromatic N) is 3. The highest BCUT2D eigenvalue weighted by molar-refractivity contribution is 7.99. The third-order valence-corrected chi connectivity index (χ3v) is 4.17. The van der Waals surface area contributed by atoms with Gasteiger partial charge in [-0.25, -0.2) is 4.98 Å². The topological polar surface area (TPSA) is 42.7 Å². The van der Waals surface area contributed by atoms with Gasteiger partial charge in [-0.3, -0.25) is 4.68 Å². The first kappa shape index (κ1) is 11.0. The van der Waals surface area contributed by atoms with Crippen molar-refractivity contribution in [2.75, 3.05) is 6.26 Å². The summed E-state index contributed by atoms with van der Waals surface area (Å²) in [6.07, 6.45) is 7.74. The molecular weight excluding hydrogens is 208 g/mol. The Morgan fingerprint density at radius 1 is 1.60 bits per heavy atom. The highest BCUT2D eigenvalue weighted by Gasteiger charge is 2.23. The number of hydrogen-bond donors (Lipinski definition) is 1. The van der Waals surface area contributed by atoms with Crippen molar-refractivity contribution in [2.24, 2.45) is 7.05 Å². The minimum Gasteiger partial charge on any atom is -0.307 e. The summed E-state index contributed by atoms with van der Waals surface area (Å²) in [5.74, 6) is 1.02. The Kier molecular flexibility index (Phi) is 3.64. The fraction of sp³-hybridized carbons (Fsp3) is 0.800. The fourth-order valence-electron chi connectivity index (χ4n) is 2.06. The smallest absolute Gasteiger partial charge is 0.140 e. The van der Waals surface area contributed by atoms with E-state index in [1.807, 2.05) is 23.5 Å². The lowest BCUT2D eigenvalue weighted by Crippen LogP contribution is -2.27. The molecule has 1 N–H and O–H groups in total. The van der Waals surface area contributed by atoms with Crippen LogP contribution in [-0.2, 0) is 13.6 Å². The fourth-order valence-corrected chi connectivity index (χ4v) is 2.85. The summed E-state index contributed by atoms with van der Waals surface area (Å²) in [7, 11) is 1.93. The summed E-state index contributed by atoms with van der Waals surface area (Å²) in [5.41, 5.74) is 0. The van der Waals surface area contributed by atoms with Crippen molar-refractivity contribution in [1.29, 1.82) is 0 Å². The molecule has 0 radical (unpaired) electrons. The summed E-state index contributed by atoms with van der Waals surface area (Å²) in [6, 6.07) is 0.666. The monoisotopic (exact) mass is 226 g/mol. The van der Waals surface area contributed by atoms with Crippen molar-refractivity contribution >= 4 is 11.8 Å². The van der Waals surface area contributed by atoms with Gasteiger partial charge in [0.1, 0.15) is 12.2 Å². The first-order valence-corrected chi connectivity index (χ1v) is 6.67. The van der Waals surface area contributed by atoms with Gasteiger partial charge in [0.15, 0.2) is 0 Å². The van der Waals surface area contributed by atoms with E-state index in [1.54, 1.807) is 6.33 Å². The van der Waals surface area contributed by atoms with E-state index in [0.717, 1.165) is 17.6 Å². The van der Waals surface area contributed by atoms with Crippen LogP contribution >= 0.6 is 11.8 Å². The summed E-state index contributed by atoms with van der Waals surface area (Å²) in [5, 5.41) is 8.46. The number of thioether (sulfide) groups is 1. The Bertz CT molecular complexity index is 312. The van der Waals surface area contributed by atoms with Gasteiger partial charge in [0, 0.05) is 18.3 Å². The molecule has 2 unspecified atom stereocenters. The molecule has 0 amide bonds. The molecule has 1 fully saturated rings. The van der Waals surface area contributed by atoms with Crippen molar-refractivity contribution in [1.82, 2.24) is 20.1 Å². The zero-order valence-corrected chi connectivity index (χ0v) is 10.1. The zero-order valence-electron chi connectivity index (χ0n) is 9.31. The Morgan fingerprint density at radius 3 is 3.07 bits per heavy atom. The average molecular weight is 226 g/mol. The van der Waals surface area contributed by atoms with Gasteiger partial charge in [0.2, 0.25) is 0 Å². The molecule has 15 heavy (non-hydrogen) atoms. The molecule has 2 rings (SSSR count). The van der Waals surface area contributed by atoms with Crippen molar-refractivity contribution in [3.8, 4) is 0 Å². The van der Waals surface area contributed by atoms with Gasteiger partial charge in [-0.05, 0) is 25.5 Å². The van der Waals surface area contributed by atoms with Crippen LogP contribution in [0.25, 0.3) is 0 Å². The normalized spacial score (nSPS) is 26.0. The molecule has 1 aliphatic carbocycles. The Morgan fingerprint density at radius 2 is 2.47 bits per heavy atom. The first-order chi connectivity index (χ1) is 7.29. The third kappa shape index (κ3) is 2.72. The molecule has 0 aromatic carbocycles. The second-order valence-electron chi connectivity index (χ2n) is 4.05. The molecule has 2 atom stereocenters. The van der Waals surface area contributed by atoms with Gasteiger partial charge < -0.3 is 5.32 Å². The summed E-state index contributed by atoms with van der Waals surface area (Å²) < 4.78 is 1.83. The van der Waals surface area contributed by atoms with E-state index < -0.39 is 0 Å². The molecule has 1 saturated carbocycles. The minimum absolute atomic E-state index is 0.666. The lowest BCUT2D eigenvalue weighted by Gasteiger charge is -2.11. The maximum Gasteiger partial charge on any atom is 0.140 e. The number of aromatic nitrogens is 3. The van der Waals surface area contributed by atoms with Crippen LogP contribution < -0.4 is 5.32 Å². The van der Waals surface area contributed by atoms with Gasteiger partial charge in [-0.1, -0.05) is 0 Å². The van der Waals surface area contributed by atoms with Crippen LogP contribution in [0.1, 0.15) is 25.1 Å². The zero-order chi connectivity index (χ0) is 10.7. The molecule has 0 bridgehead atoms. The van der Waals surface area contributed by atoms with Crippen molar-refractivity contribution in [3.63, 3.8) is 0 Å². The van der Waals surface area contributed by atoms with Crippen molar-refractivity contribution in [3.05, 3.63) is 12.2 Å². The molecule has 1 aromatic rings. The highest BCUT2D eigenvalue weighted by atomic mass is 32.2. The third-order valence-electron chi connectivity index (χ3n) is 3.07. The predicted molar refractivity (Wildman–Crippen MR) is 62.8 cm³/mol. The van der Waals surface area contributed by atoms with Crippen LogP contribution in [-0.4, -0.2) is 32.3 Å². The molecule has 0 saturated heterocycles. The second kappa shape index (κ2) is 4.99. The largest absolute Gasteiger partial charge is 0.307 e. The lowest BCUT2D eigenvalue weighted by molar-refractivity contribution is 0.503. The second-order valence-corrected chi connectivity index (χ2v) is 5.19. The Labute approximate surface area is 94.8 Å². The van der Waals surface area contributed by atoms with Crippen molar-refractivity contribution < 1.29 is 0 Å². The van der Waals surface area contributed by atoms with Gasteiger partial charge >= 0.3 is 0 Å². The average Bonchev–Trinajstić information content (AvgIpc) is 2.84. The first-order valence-electron chi connectivity index (χ1n) is 5.38. The Balaban J connectivity index is 1.77. The van der Waals surface area contributed by atoms with Crippen molar-refractivity contribution in [2.45, 2.75) is 37.1 Å². The van der Waals surface area contributed by atoms with E-state index in [2.05, 4.69) is 21.7 Å². The minimum atomic E-state index is 0.666. The van der Waals surface area contributed by atoms with E-state index in [9.17, 15) is 0 Å². The maximum absolute atomic E-state index is 4.20. The van der Waals surface area contributed by atoms with E-state index in [1.165, 1.54) is 19.3 Å². The number of nitrogens with one attached hydrogen (secondary N) is 1. The quantitative estimate of drug-likeness (QED) is 0.837. The summed E-state index contributed by atoms with van der Waals surface area (Å²) in [6.45, 7) is 0.836. The molecule has 84 valence electrons. The Hall–Kier alpha value is -0.550. The van der Waals surface area contributed by atoms with Gasteiger partial charge in [-0.2, -0.15) is 16.9 Å². The van der Waals surface area contributed by atoms with E-state index in [-0.39, 0.29) is 0 Å². The SMILES string of the molecule is CSC1CCC(NCc2ncnn2C)C1. The molecule has 5 heteroatoms.